The van der Waals surface area contributed by atoms with Gasteiger partial charge in [0.05, 0.1) is 4.92 Å². The predicted molar refractivity (Wildman–Crippen MR) is 57.3 cm³/mol. The number of carboxylic acids is 1. The minimum absolute atomic E-state index is 0.415. The molecule has 0 aliphatic carbocycles. The van der Waals surface area contributed by atoms with Gasteiger partial charge in [-0.2, -0.15) is 4.98 Å². The summed E-state index contributed by atoms with van der Waals surface area (Å²) in [5.41, 5.74) is -1.76. The molecule has 0 atom stereocenters. The second-order valence-corrected chi connectivity index (χ2v) is 3.78. The number of nitrogens with zero attached hydrogens (tertiary/aromatic N) is 2. The van der Waals surface area contributed by atoms with E-state index in [-0.39, 0.29) is 0 Å². The van der Waals surface area contributed by atoms with Gasteiger partial charge in [-0.15, -0.1) is 13.2 Å². The molecule has 0 aromatic carbocycles. The largest absolute Gasteiger partial charge is 0.574 e. The van der Waals surface area contributed by atoms with E-state index in [1.807, 2.05) is 0 Å². The molecule has 1 aromatic heterocycles. The Morgan fingerprint density at radius 2 is 2.11 bits per heavy atom. The van der Waals surface area contributed by atoms with Crippen LogP contribution in [0.4, 0.5) is 18.9 Å². The molecule has 7 nitrogen and oxygen atoms in total. The van der Waals surface area contributed by atoms with Crippen molar-refractivity contribution >= 4 is 34.2 Å². The topological polar surface area (TPSA) is 103 Å². The molecule has 18 heavy (non-hydrogen) atoms. The second kappa shape index (κ2) is 4.91. The van der Waals surface area contributed by atoms with Crippen LogP contribution < -0.4 is 4.74 Å². The Kier molecular flexibility index (Phi) is 3.93. The van der Waals surface area contributed by atoms with Crippen molar-refractivity contribution in [2.45, 2.75) is 6.36 Å². The van der Waals surface area contributed by atoms with Crippen molar-refractivity contribution in [1.29, 1.82) is 0 Å². The maximum absolute atomic E-state index is 12.0. The highest BCUT2D eigenvalue weighted by Gasteiger charge is 2.35. The van der Waals surface area contributed by atoms with E-state index < -0.39 is 38.1 Å². The fourth-order valence-electron chi connectivity index (χ4n) is 0.933. The highest BCUT2D eigenvalue weighted by molar-refractivity contribution is 14.1. The van der Waals surface area contributed by atoms with Gasteiger partial charge in [-0.3, -0.25) is 10.1 Å². The summed E-state index contributed by atoms with van der Waals surface area (Å²) in [6, 6.07) is 0.457. The lowest BCUT2D eigenvalue weighted by molar-refractivity contribution is -0.386. The Hall–Kier alpha value is -1.66. The SMILES string of the molecule is O=C(O)c1cc([N+](=O)[O-])c(I)nc1OC(F)(F)F. The van der Waals surface area contributed by atoms with Gasteiger partial charge in [-0.25, -0.2) is 4.79 Å². The third-order valence-corrected chi connectivity index (χ3v) is 2.36. The minimum atomic E-state index is -5.14. The molecule has 0 amide bonds. The summed E-state index contributed by atoms with van der Waals surface area (Å²) in [5.74, 6) is -3.06. The van der Waals surface area contributed by atoms with Gasteiger partial charge in [0.25, 0.3) is 0 Å². The first-order chi connectivity index (χ1) is 8.11. The number of aromatic carboxylic acids is 1. The first-order valence-corrected chi connectivity index (χ1v) is 5.03. The Bertz CT molecular complexity index is 519. The van der Waals surface area contributed by atoms with Gasteiger partial charge in [0, 0.05) is 6.07 Å². The van der Waals surface area contributed by atoms with Crippen LogP contribution in [0.2, 0.25) is 0 Å². The summed E-state index contributed by atoms with van der Waals surface area (Å²) in [5, 5.41) is 19.1. The Balaban J connectivity index is 3.38. The van der Waals surface area contributed by atoms with Gasteiger partial charge in [0.1, 0.15) is 5.56 Å². The molecule has 0 saturated carbocycles. The zero-order valence-corrected chi connectivity index (χ0v) is 10.2. The number of ether oxygens (including phenoxy) is 1. The van der Waals surface area contributed by atoms with Crippen LogP contribution in [0.25, 0.3) is 0 Å². The molecule has 1 aromatic rings. The molecule has 0 aliphatic rings. The van der Waals surface area contributed by atoms with E-state index in [1.54, 1.807) is 0 Å². The lowest BCUT2D eigenvalue weighted by Crippen LogP contribution is -2.20. The first kappa shape index (κ1) is 14.4. The zero-order valence-electron chi connectivity index (χ0n) is 8.06. The zero-order chi connectivity index (χ0) is 14.1. The smallest absolute Gasteiger partial charge is 0.477 e. The summed E-state index contributed by atoms with van der Waals surface area (Å²) in [6.45, 7) is 0. The van der Waals surface area contributed by atoms with Crippen LogP contribution in [-0.4, -0.2) is 27.3 Å². The number of aromatic nitrogens is 1. The van der Waals surface area contributed by atoms with Crippen LogP contribution in [0.3, 0.4) is 0 Å². The maximum atomic E-state index is 12.0. The summed E-state index contributed by atoms with van der Waals surface area (Å²) >= 11 is 1.30. The van der Waals surface area contributed by atoms with Crippen LogP contribution in [0, 0.1) is 13.8 Å². The van der Waals surface area contributed by atoms with Crippen LogP contribution in [0.15, 0.2) is 6.07 Å². The molecule has 1 N–H and O–H groups in total. The average Bonchev–Trinajstić information content (AvgIpc) is 2.13. The normalized spacial score (nSPS) is 11.1. The average molecular weight is 378 g/mol. The number of nitro groups is 1. The monoisotopic (exact) mass is 378 g/mol. The molecular formula is C7H2F3IN2O5. The number of carbonyl (C=O) groups is 1. The van der Waals surface area contributed by atoms with E-state index >= 15 is 0 Å². The number of hydrogen-bond acceptors (Lipinski definition) is 5. The third kappa shape index (κ3) is 3.41. The van der Waals surface area contributed by atoms with E-state index in [4.69, 9.17) is 5.11 Å². The van der Waals surface area contributed by atoms with Crippen molar-refractivity contribution in [2.24, 2.45) is 0 Å². The fraction of sp³-hybridized carbons (Fsp3) is 0.143. The highest BCUT2D eigenvalue weighted by atomic mass is 127. The number of carboxylic acid groups (broad SMARTS) is 1. The molecule has 1 rings (SSSR count). The van der Waals surface area contributed by atoms with Gasteiger partial charge >= 0.3 is 18.0 Å². The first-order valence-electron chi connectivity index (χ1n) is 3.96. The molecule has 0 saturated heterocycles. The van der Waals surface area contributed by atoms with Crippen LogP contribution in [0.1, 0.15) is 10.4 Å². The van der Waals surface area contributed by atoms with Crippen molar-refractivity contribution in [1.82, 2.24) is 4.98 Å². The molecule has 0 bridgehead atoms. The van der Waals surface area contributed by atoms with Crippen molar-refractivity contribution in [3.8, 4) is 5.88 Å². The maximum Gasteiger partial charge on any atom is 0.574 e. The lowest BCUT2D eigenvalue weighted by atomic mass is 10.2. The molecule has 0 unspecified atom stereocenters. The second-order valence-electron chi connectivity index (χ2n) is 2.76. The van der Waals surface area contributed by atoms with Crippen LogP contribution in [0.5, 0.6) is 5.88 Å². The van der Waals surface area contributed by atoms with Gasteiger partial charge in [0.2, 0.25) is 5.88 Å². The lowest BCUT2D eigenvalue weighted by Gasteiger charge is -2.10. The van der Waals surface area contributed by atoms with Crippen molar-refractivity contribution in [3.63, 3.8) is 0 Å². The van der Waals surface area contributed by atoms with E-state index in [2.05, 4.69) is 9.72 Å². The Morgan fingerprint density at radius 1 is 1.56 bits per heavy atom. The van der Waals surface area contributed by atoms with Gasteiger partial charge < -0.3 is 9.84 Å². The molecule has 11 heteroatoms. The van der Waals surface area contributed by atoms with Gasteiger partial charge in [-0.1, -0.05) is 0 Å². The minimum Gasteiger partial charge on any atom is -0.477 e. The van der Waals surface area contributed by atoms with E-state index in [1.165, 1.54) is 22.6 Å². The number of halogens is 4. The fourth-order valence-corrected chi connectivity index (χ4v) is 1.51. The molecule has 0 fully saturated rings. The predicted octanol–water partition coefficient (Wildman–Crippen LogP) is 2.19. The molecule has 0 spiro atoms. The number of alkyl halides is 3. The molecule has 1 heterocycles. The van der Waals surface area contributed by atoms with E-state index in [0.717, 1.165) is 0 Å². The Morgan fingerprint density at radius 3 is 2.50 bits per heavy atom. The van der Waals surface area contributed by atoms with E-state index in [9.17, 15) is 28.1 Å². The van der Waals surface area contributed by atoms with Crippen molar-refractivity contribution in [3.05, 3.63) is 25.4 Å². The molecule has 0 aliphatic heterocycles. The van der Waals surface area contributed by atoms with Crippen molar-refractivity contribution < 1.29 is 32.7 Å². The summed E-state index contributed by atoms with van der Waals surface area (Å²) < 4.78 is 38.9. The highest BCUT2D eigenvalue weighted by Crippen LogP contribution is 2.30. The number of pyridine rings is 1. The standard InChI is InChI=1S/C7H2F3IN2O5/c8-7(9,10)18-5-2(6(14)15)1-3(13(16)17)4(11)12-5/h1H,(H,14,15). The molecular weight excluding hydrogens is 376 g/mol. The number of rotatable bonds is 3. The number of hydrogen-bond donors (Lipinski definition) is 1. The van der Waals surface area contributed by atoms with Gasteiger partial charge in [0.15, 0.2) is 3.70 Å². The Labute approximate surface area is 110 Å². The quantitative estimate of drug-likeness (QED) is 0.375. The van der Waals surface area contributed by atoms with Crippen molar-refractivity contribution in [2.75, 3.05) is 0 Å². The third-order valence-electron chi connectivity index (χ3n) is 1.56. The van der Waals surface area contributed by atoms with Crippen LogP contribution in [-0.2, 0) is 0 Å². The summed E-state index contributed by atoms with van der Waals surface area (Å²) in [6.07, 6.45) is -5.14. The molecule has 0 radical (unpaired) electrons. The van der Waals surface area contributed by atoms with Crippen LogP contribution >= 0.6 is 22.6 Å². The summed E-state index contributed by atoms with van der Waals surface area (Å²) in [4.78, 5) is 23.3. The molecule has 98 valence electrons. The summed E-state index contributed by atoms with van der Waals surface area (Å²) in [7, 11) is 0. The van der Waals surface area contributed by atoms with E-state index in [0.29, 0.717) is 6.07 Å². The van der Waals surface area contributed by atoms with Gasteiger partial charge in [-0.05, 0) is 22.6 Å².